The maximum absolute atomic E-state index is 13.3. The van der Waals surface area contributed by atoms with Crippen molar-refractivity contribution in [2.45, 2.75) is 23.9 Å². The minimum Gasteiger partial charge on any atom is -0.384 e. The van der Waals surface area contributed by atoms with Gasteiger partial charge in [0.2, 0.25) is 10.0 Å². The summed E-state index contributed by atoms with van der Waals surface area (Å²) in [5.74, 6) is 0.0500. The first-order valence-corrected chi connectivity index (χ1v) is 10.6. The van der Waals surface area contributed by atoms with Gasteiger partial charge in [0.05, 0.1) is 22.1 Å². The van der Waals surface area contributed by atoms with Crippen LogP contribution in [-0.2, 0) is 16.2 Å². The van der Waals surface area contributed by atoms with Crippen LogP contribution in [0.4, 0.5) is 18.9 Å². The molecule has 1 heterocycles. The normalized spacial score (nSPS) is 16.3. The van der Waals surface area contributed by atoms with E-state index < -0.39 is 21.8 Å². The minimum atomic E-state index is -4.57. The highest BCUT2D eigenvalue weighted by molar-refractivity contribution is 7.89. The van der Waals surface area contributed by atoms with Crippen molar-refractivity contribution in [3.8, 4) is 6.07 Å². The molecule has 5 nitrogen and oxygen atoms in total. The van der Waals surface area contributed by atoms with Gasteiger partial charge in [-0.1, -0.05) is 18.2 Å². The Balaban J connectivity index is 1.62. The molecule has 2 aromatic rings. The Morgan fingerprint density at radius 2 is 1.76 bits per heavy atom. The molecular formula is C20H20F3N3O2S. The van der Waals surface area contributed by atoms with E-state index in [-0.39, 0.29) is 22.1 Å². The average molecular weight is 423 g/mol. The molecule has 1 aliphatic rings. The Labute approximate surface area is 167 Å². The molecule has 1 fully saturated rings. The maximum atomic E-state index is 13.3. The third-order valence-corrected chi connectivity index (χ3v) is 6.90. The molecule has 0 atom stereocenters. The van der Waals surface area contributed by atoms with Gasteiger partial charge in [-0.05, 0) is 49.1 Å². The van der Waals surface area contributed by atoms with Gasteiger partial charge >= 0.3 is 6.18 Å². The number of piperidine rings is 1. The van der Waals surface area contributed by atoms with Crippen LogP contribution >= 0.6 is 0 Å². The highest BCUT2D eigenvalue weighted by atomic mass is 32.2. The fourth-order valence-corrected chi connectivity index (χ4v) is 4.84. The molecule has 154 valence electrons. The topological polar surface area (TPSA) is 73.2 Å². The Morgan fingerprint density at radius 3 is 2.34 bits per heavy atom. The van der Waals surface area contributed by atoms with Crippen molar-refractivity contribution in [1.82, 2.24) is 4.31 Å². The quantitative estimate of drug-likeness (QED) is 0.786. The molecule has 0 unspecified atom stereocenters. The number of nitriles is 1. The first-order valence-electron chi connectivity index (χ1n) is 9.12. The zero-order valence-corrected chi connectivity index (χ0v) is 16.3. The lowest BCUT2D eigenvalue weighted by Crippen LogP contribution is -2.39. The third-order valence-electron chi connectivity index (χ3n) is 4.99. The van der Waals surface area contributed by atoms with Gasteiger partial charge in [0.1, 0.15) is 0 Å². The van der Waals surface area contributed by atoms with Crippen LogP contribution in [0.1, 0.15) is 24.0 Å². The molecule has 0 spiro atoms. The highest BCUT2D eigenvalue weighted by Gasteiger charge is 2.34. The lowest BCUT2D eigenvalue weighted by molar-refractivity contribution is -0.137. The molecule has 0 amide bonds. The van der Waals surface area contributed by atoms with Crippen molar-refractivity contribution >= 4 is 15.7 Å². The molecule has 1 N–H and O–H groups in total. The monoisotopic (exact) mass is 423 g/mol. The van der Waals surface area contributed by atoms with E-state index in [2.05, 4.69) is 5.32 Å². The SMILES string of the molecule is N#Cc1ccc(NCC2CCN(S(=O)(=O)c3ccccc3)CC2)c(C(F)(F)F)c1. The zero-order valence-electron chi connectivity index (χ0n) is 15.5. The van der Waals surface area contributed by atoms with Crippen molar-refractivity contribution in [2.24, 2.45) is 5.92 Å². The predicted octanol–water partition coefficient (Wildman–Crippen LogP) is 4.09. The van der Waals surface area contributed by atoms with Gasteiger partial charge < -0.3 is 5.32 Å². The van der Waals surface area contributed by atoms with Crippen LogP contribution < -0.4 is 5.32 Å². The number of benzene rings is 2. The Morgan fingerprint density at radius 1 is 1.10 bits per heavy atom. The van der Waals surface area contributed by atoms with Crippen LogP contribution in [0.3, 0.4) is 0 Å². The molecule has 9 heteroatoms. The van der Waals surface area contributed by atoms with E-state index in [1.807, 2.05) is 0 Å². The molecule has 29 heavy (non-hydrogen) atoms. The summed E-state index contributed by atoms with van der Waals surface area (Å²) in [5.41, 5.74) is -1.00. The summed E-state index contributed by atoms with van der Waals surface area (Å²) in [6.07, 6.45) is -3.46. The third kappa shape index (κ3) is 4.89. The second-order valence-electron chi connectivity index (χ2n) is 6.91. The summed E-state index contributed by atoms with van der Waals surface area (Å²) < 4.78 is 66.5. The summed E-state index contributed by atoms with van der Waals surface area (Å²) in [7, 11) is -3.55. The molecule has 1 aliphatic heterocycles. The number of nitrogens with one attached hydrogen (secondary N) is 1. The average Bonchev–Trinajstić information content (AvgIpc) is 2.72. The standard InChI is InChI=1S/C20H20F3N3O2S/c21-20(22,23)18-12-16(13-24)6-7-19(18)25-14-15-8-10-26(11-9-15)29(27,28)17-4-2-1-3-5-17/h1-7,12,15,25H,8-11,14H2. The summed E-state index contributed by atoms with van der Waals surface area (Å²) in [4.78, 5) is 0.240. The van der Waals surface area contributed by atoms with Crippen LogP contribution in [0.2, 0.25) is 0 Å². The number of hydrogen-bond donors (Lipinski definition) is 1. The summed E-state index contributed by atoms with van der Waals surface area (Å²) in [5, 5.41) is 11.7. The number of anilines is 1. The van der Waals surface area contributed by atoms with Crippen LogP contribution in [0, 0.1) is 17.2 Å². The van der Waals surface area contributed by atoms with Crippen LogP contribution in [0.25, 0.3) is 0 Å². The lowest BCUT2D eigenvalue weighted by Gasteiger charge is -2.31. The van der Waals surface area contributed by atoms with Gasteiger partial charge in [-0.3, -0.25) is 0 Å². The Kier molecular flexibility index (Phi) is 6.15. The van der Waals surface area contributed by atoms with Crippen LogP contribution in [-0.4, -0.2) is 32.4 Å². The van der Waals surface area contributed by atoms with E-state index >= 15 is 0 Å². The van der Waals surface area contributed by atoms with E-state index in [4.69, 9.17) is 5.26 Å². The van der Waals surface area contributed by atoms with E-state index in [0.717, 1.165) is 6.07 Å². The molecule has 3 rings (SSSR count). The van der Waals surface area contributed by atoms with E-state index in [1.165, 1.54) is 16.4 Å². The van der Waals surface area contributed by atoms with Crippen LogP contribution in [0.5, 0.6) is 0 Å². The lowest BCUT2D eigenvalue weighted by atomic mass is 9.98. The smallest absolute Gasteiger partial charge is 0.384 e. The number of sulfonamides is 1. The van der Waals surface area contributed by atoms with Crippen molar-refractivity contribution in [3.05, 3.63) is 59.7 Å². The predicted molar refractivity (Wildman–Crippen MR) is 103 cm³/mol. The van der Waals surface area contributed by atoms with Gasteiger partial charge in [0, 0.05) is 25.3 Å². The second kappa shape index (κ2) is 8.43. The van der Waals surface area contributed by atoms with Crippen molar-refractivity contribution in [3.63, 3.8) is 0 Å². The van der Waals surface area contributed by atoms with Crippen molar-refractivity contribution < 1.29 is 21.6 Å². The molecule has 1 saturated heterocycles. The molecule has 2 aromatic carbocycles. The number of halogens is 3. The van der Waals surface area contributed by atoms with Gasteiger partial charge in [0.15, 0.2) is 0 Å². The maximum Gasteiger partial charge on any atom is 0.418 e. The van der Waals surface area contributed by atoms with Gasteiger partial charge in [0.25, 0.3) is 0 Å². The first-order chi connectivity index (χ1) is 13.7. The molecule has 0 radical (unpaired) electrons. The molecule has 0 bridgehead atoms. The van der Waals surface area contributed by atoms with Crippen molar-refractivity contribution in [2.75, 3.05) is 25.0 Å². The molecule has 0 aromatic heterocycles. The van der Waals surface area contributed by atoms with E-state index in [9.17, 15) is 21.6 Å². The van der Waals surface area contributed by atoms with Gasteiger partial charge in [-0.25, -0.2) is 8.42 Å². The fourth-order valence-electron chi connectivity index (χ4n) is 3.35. The minimum absolute atomic E-state index is 0.0500. The molecular weight excluding hydrogens is 403 g/mol. The molecule has 0 aliphatic carbocycles. The summed E-state index contributed by atoms with van der Waals surface area (Å²) in [6, 6.07) is 13.3. The number of nitrogens with zero attached hydrogens (tertiary/aromatic N) is 2. The first kappa shape index (κ1) is 21.1. The fraction of sp³-hybridized carbons (Fsp3) is 0.350. The number of hydrogen-bond acceptors (Lipinski definition) is 4. The number of alkyl halides is 3. The molecule has 0 saturated carbocycles. The van der Waals surface area contributed by atoms with Gasteiger partial charge in [-0.15, -0.1) is 0 Å². The van der Waals surface area contributed by atoms with E-state index in [1.54, 1.807) is 36.4 Å². The van der Waals surface area contributed by atoms with Gasteiger partial charge in [-0.2, -0.15) is 22.7 Å². The Hall–Kier alpha value is -2.57. The Bertz CT molecular complexity index is 994. The summed E-state index contributed by atoms with van der Waals surface area (Å²) >= 11 is 0. The second-order valence-corrected chi connectivity index (χ2v) is 8.85. The number of rotatable bonds is 5. The summed E-state index contributed by atoms with van der Waals surface area (Å²) in [6.45, 7) is 0.945. The highest BCUT2D eigenvalue weighted by Crippen LogP contribution is 2.36. The van der Waals surface area contributed by atoms with Crippen LogP contribution in [0.15, 0.2) is 53.4 Å². The zero-order chi connectivity index (χ0) is 21.1. The van der Waals surface area contributed by atoms with E-state index in [0.29, 0.717) is 32.5 Å². The largest absolute Gasteiger partial charge is 0.418 e. The van der Waals surface area contributed by atoms with Crippen molar-refractivity contribution in [1.29, 1.82) is 5.26 Å².